The number of H-pyrrole nitrogens is 1. The zero-order chi connectivity index (χ0) is 18.9. The Bertz CT molecular complexity index is 939. The summed E-state index contributed by atoms with van der Waals surface area (Å²) in [5, 5.41) is 7.93. The van der Waals surface area contributed by atoms with Crippen molar-refractivity contribution in [2.24, 2.45) is 0 Å². The van der Waals surface area contributed by atoms with E-state index in [-0.39, 0.29) is 6.04 Å². The summed E-state index contributed by atoms with van der Waals surface area (Å²) in [6, 6.07) is 2.18. The van der Waals surface area contributed by atoms with Crippen molar-refractivity contribution in [3.05, 3.63) is 18.1 Å². The van der Waals surface area contributed by atoms with Gasteiger partial charge in [0.05, 0.1) is 44.7 Å². The van der Waals surface area contributed by atoms with Gasteiger partial charge in [-0.3, -0.25) is 10.00 Å². The van der Waals surface area contributed by atoms with Crippen LogP contribution in [0.3, 0.4) is 0 Å². The molecule has 5 rings (SSSR count). The van der Waals surface area contributed by atoms with Crippen LogP contribution >= 0.6 is 11.3 Å². The van der Waals surface area contributed by atoms with E-state index in [1.54, 1.807) is 17.5 Å². The summed E-state index contributed by atoms with van der Waals surface area (Å²) in [5.74, 6) is 1.74. The van der Waals surface area contributed by atoms with Gasteiger partial charge in [-0.15, -0.1) is 0 Å². The Hall–Kier alpha value is -2.14. The summed E-state index contributed by atoms with van der Waals surface area (Å²) in [6.45, 7) is 8.44. The molecule has 3 aromatic heterocycles. The lowest BCUT2D eigenvalue weighted by molar-refractivity contribution is 0.0331. The molecule has 2 aliphatic rings. The minimum atomic E-state index is 0.250. The highest BCUT2D eigenvalue weighted by atomic mass is 32.1. The van der Waals surface area contributed by atoms with Gasteiger partial charge in [0.15, 0.2) is 5.82 Å². The van der Waals surface area contributed by atoms with Crippen molar-refractivity contribution < 1.29 is 9.47 Å². The number of fused-ring (bicyclic) bond motifs is 1. The van der Waals surface area contributed by atoms with Crippen LogP contribution in [0.15, 0.2) is 12.3 Å². The number of nitrogens with one attached hydrogen (secondary N) is 1. The summed E-state index contributed by atoms with van der Waals surface area (Å²) in [6.07, 6.45) is 1.74. The van der Waals surface area contributed by atoms with Crippen molar-refractivity contribution in [3.8, 4) is 10.7 Å². The SMILES string of the molecule is C[C@@H]1COCCN1c1nc(CN2CCOCC2)nc2sc(-c3ccn[nH]3)nc12. The highest BCUT2D eigenvalue weighted by molar-refractivity contribution is 7.21. The van der Waals surface area contributed by atoms with Gasteiger partial charge in [-0.2, -0.15) is 5.10 Å². The Morgan fingerprint density at radius 2 is 2.00 bits per heavy atom. The normalized spacial score (nSPS) is 21.5. The number of rotatable bonds is 4. The molecule has 0 saturated carbocycles. The van der Waals surface area contributed by atoms with E-state index in [2.05, 4.69) is 26.9 Å². The standard InChI is InChI=1S/C18H23N7O2S/c1-12-11-27-9-6-25(12)16-15-18(28-17(22-15)13-2-3-19-23-13)21-14(20-16)10-24-4-7-26-8-5-24/h2-3,12H,4-11H2,1H3,(H,19,23)/t12-/m1/s1. The fourth-order valence-electron chi connectivity index (χ4n) is 3.61. The zero-order valence-electron chi connectivity index (χ0n) is 15.8. The van der Waals surface area contributed by atoms with Crippen LogP contribution in [0.2, 0.25) is 0 Å². The van der Waals surface area contributed by atoms with E-state index in [0.717, 1.165) is 72.1 Å². The number of hydrogen-bond donors (Lipinski definition) is 1. The molecule has 28 heavy (non-hydrogen) atoms. The predicted octanol–water partition coefficient (Wildman–Crippen LogP) is 1.53. The van der Waals surface area contributed by atoms with Crippen LogP contribution in [-0.2, 0) is 16.0 Å². The molecule has 0 amide bonds. The molecule has 0 unspecified atom stereocenters. The van der Waals surface area contributed by atoms with Crippen LogP contribution in [0.1, 0.15) is 12.7 Å². The van der Waals surface area contributed by atoms with Crippen molar-refractivity contribution in [2.45, 2.75) is 19.5 Å². The van der Waals surface area contributed by atoms with Crippen molar-refractivity contribution in [2.75, 3.05) is 51.0 Å². The molecule has 10 heteroatoms. The van der Waals surface area contributed by atoms with Crippen molar-refractivity contribution in [1.29, 1.82) is 0 Å². The van der Waals surface area contributed by atoms with Gasteiger partial charge in [0, 0.05) is 25.8 Å². The number of hydrogen-bond acceptors (Lipinski definition) is 9. The van der Waals surface area contributed by atoms with Crippen molar-refractivity contribution in [3.63, 3.8) is 0 Å². The molecule has 2 aliphatic heterocycles. The highest BCUT2D eigenvalue weighted by Gasteiger charge is 2.26. The van der Waals surface area contributed by atoms with Gasteiger partial charge in [0.25, 0.3) is 0 Å². The van der Waals surface area contributed by atoms with Crippen molar-refractivity contribution in [1.82, 2.24) is 30.0 Å². The molecular weight excluding hydrogens is 378 g/mol. The van der Waals surface area contributed by atoms with Crippen molar-refractivity contribution >= 4 is 27.5 Å². The smallest absolute Gasteiger partial charge is 0.160 e. The average molecular weight is 401 g/mol. The van der Waals surface area contributed by atoms with Crippen LogP contribution in [-0.4, -0.2) is 82.2 Å². The van der Waals surface area contributed by atoms with E-state index < -0.39 is 0 Å². The first-order valence-electron chi connectivity index (χ1n) is 9.59. The molecular formula is C18H23N7O2S. The maximum atomic E-state index is 5.62. The lowest BCUT2D eigenvalue weighted by Gasteiger charge is -2.34. The zero-order valence-corrected chi connectivity index (χ0v) is 16.6. The Morgan fingerprint density at radius 3 is 2.79 bits per heavy atom. The average Bonchev–Trinajstić information content (AvgIpc) is 3.38. The van der Waals surface area contributed by atoms with Gasteiger partial charge in [-0.05, 0) is 13.0 Å². The fourth-order valence-corrected chi connectivity index (χ4v) is 4.54. The second-order valence-electron chi connectivity index (χ2n) is 7.11. The summed E-state index contributed by atoms with van der Waals surface area (Å²) in [7, 11) is 0. The first kappa shape index (κ1) is 17.9. The number of anilines is 1. The molecule has 1 N–H and O–H groups in total. The second kappa shape index (κ2) is 7.70. The molecule has 2 fully saturated rings. The number of morpholine rings is 2. The topological polar surface area (TPSA) is 92.3 Å². The molecule has 1 atom stereocenters. The monoisotopic (exact) mass is 401 g/mol. The minimum Gasteiger partial charge on any atom is -0.379 e. The Morgan fingerprint density at radius 1 is 1.14 bits per heavy atom. The third-order valence-electron chi connectivity index (χ3n) is 5.13. The van der Waals surface area contributed by atoms with Gasteiger partial charge >= 0.3 is 0 Å². The summed E-state index contributed by atoms with van der Waals surface area (Å²) < 4.78 is 11.1. The molecule has 148 valence electrons. The van der Waals surface area contributed by atoms with Gasteiger partial charge in [0.2, 0.25) is 0 Å². The summed E-state index contributed by atoms with van der Waals surface area (Å²) in [5.41, 5.74) is 1.76. The largest absolute Gasteiger partial charge is 0.379 e. The predicted molar refractivity (Wildman–Crippen MR) is 107 cm³/mol. The van der Waals surface area contributed by atoms with E-state index >= 15 is 0 Å². The second-order valence-corrected chi connectivity index (χ2v) is 8.09. The first-order chi connectivity index (χ1) is 13.8. The molecule has 0 spiro atoms. The number of nitrogens with zero attached hydrogens (tertiary/aromatic N) is 6. The molecule has 9 nitrogen and oxygen atoms in total. The molecule has 0 aliphatic carbocycles. The third-order valence-corrected chi connectivity index (χ3v) is 6.11. The molecule has 0 aromatic carbocycles. The van der Waals surface area contributed by atoms with Gasteiger partial charge in [0.1, 0.15) is 21.2 Å². The maximum absolute atomic E-state index is 5.62. The Kier molecular flexibility index (Phi) is 4.93. The number of ether oxygens (including phenoxy) is 2. The maximum Gasteiger partial charge on any atom is 0.160 e. The van der Waals surface area contributed by atoms with Crippen LogP contribution in [0.5, 0.6) is 0 Å². The number of aromatic nitrogens is 5. The van der Waals surface area contributed by atoms with Gasteiger partial charge in [-0.1, -0.05) is 11.3 Å². The van der Waals surface area contributed by atoms with E-state index in [0.29, 0.717) is 13.2 Å². The molecule has 3 aromatic rings. The third kappa shape index (κ3) is 3.48. The molecule has 0 bridgehead atoms. The highest BCUT2D eigenvalue weighted by Crippen LogP contribution is 2.33. The van der Waals surface area contributed by atoms with Gasteiger partial charge < -0.3 is 14.4 Å². The van der Waals surface area contributed by atoms with Gasteiger partial charge in [-0.25, -0.2) is 15.0 Å². The number of aromatic amines is 1. The molecule has 2 saturated heterocycles. The Balaban J connectivity index is 1.56. The van der Waals surface area contributed by atoms with E-state index in [4.69, 9.17) is 24.4 Å². The first-order valence-corrected chi connectivity index (χ1v) is 10.4. The lowest BCUT2D eigenvalue weighted by Crippen LogP contribution is -2.44. The lowest BCUT2D eigenvalue weighted by atomic mass is 10.2. The van der Waals surface area contributed by atoms with Crippen LogP contribution < -0.4 is 4.90 Å². The van der Waals surface area contributed by atoms with E-state index in [9.17, 15) is 0 Å². The van der Waals surface area contributed by atoms with Crippen LogP contribution in [0.25, 0.3) is 21.0 Å². The Labute approximate surface area is 166 Å². The van der Waals surface area contributed by atoms with E-state index in [1.165, 1.54) is 0 Å². The van der Waals surface area contributed by atoms with E-state index in [1.807, 2.05) is 6.07 Å². The summed E-state index contributed by atoms with van der Waals surface area (Å²) >= 11 is 1.58. The number of thiazole rings is 1. The molecule has 5 heterocycles. The van der Waals surface area contributed by atoms with Crippen LogP contribution in [0, 0.1) is 0 Å². The minimum absolute atomic E-state index is 0.250. The summed E-state index contributed by atoms with van der Waals surface area (Å²) in [4.78, 5) is 20.2. The quantitative estimate of drug-likeness (QED) is 0.704. The van der Waals surface area contributed by atoms with Crippen LogP contribution in [0.4, 0.5) is 5.82 Å². The molecule has 0 radical (unpaired) electrons. The fraction of sp³-hybridized carbons (Fsp3) is 0.556.